The molecular formula is C17H15BrN2O5S. The van der Waals surface area contributed by atoms with Gasteiger partial charge in [-0.3, -0.25) is 14.5 Å². The lowest BCUT2D eigenvalue weighted by atomic mass is 10.1. The van der Waals surface area contributed by atoms with Gasteiger partial charge >= 0.3 is 5.97 Å². The molecule has 1 fully saturated rings. The van der Waals surface area contributed by atoms with Crippen LogP contribution in [0.15, 0.2) is 22.3 Å². The van der Waals surface area contributed by atoms with Crippen LogP contribution in [0.4, 0.5) is 0 Å². The molecule has 7 nitrogen and oxygen atoms in total. The summed E-state index contributed by atoms with van der Waals surface area (Å²) in [5, 5.41) is 2.92. The average molecular weight is 439 g/mol. The van der Waals surface area contributed by atoms with E-state index in [9.17, 15) is 9.59 Å². The minimum atomic E-state index is -0.567. The van der Waals surface area contributed by atoms with Crippen LogP contribution in [-0.2, 0) is 14.3 Å². The lowest BCUT2D eigenvalue weighted by Crippen LogP contribution is -2.35. The van der Waals surface area contributed by atoms with Crippen LogP contribution < -0.4 is 14.8 Å². The summed E-state index contributed by atoms with van der Waals surface area (Å²) in [6.07, 6.45) is 6.79. The Morgan fingerprint density at radius 3 is 2.81 bits per heavy atom. The summed E-state index contributed by atoms with van der Waals surface area (Å²) in [6.45, 7) is -0.170. The van der Waals surface area contributed by atoms with Gasteiger partial charge in [0.1, 0.15) is 18.8 Å². The minimum Gasteiger partial charge on any atom is -0.493 e. The molecule has 2 rings (SSSR count). The predicted molar refractivity (Wildman–Crippen MR) is 102 cm³/mol. The molecule has 0 bridgehead atoms. The maximum Gasteiger partial charge on any atom is 0.325 e. The van der Waals surface area contributed by atoms with Crippen molar-refractivity contribution in [1.29, 1.82) is 0 Å². The van der Waals surface area contributed by atoms with Crippen molar-refractivity contribution in [3.05, 3.63) is 27.9 Å². The lowest BCUT2D eigenvalue weighted by Gasteiger charge is -2.12. The van der Waals surface area contributed by atoms with E-state index in [1.807, 2.05) is 0 Å². The molecule has 0 atom stereocenters. The number of methoxy groups -OCH3 is 2. The molecule has 0 aromatic heterocycles. The summed E-state index contributed by atoms with van der Waals surface area (Å²) in [5.41, 5.74) is 0.880. The molecule has 0 aliphatic carbocycles. The lowest BCUT2D eigenvalue weighted by molar-refractivity contribution is -0.143. The van der Waals surface area contributed by atoms with Gasteiger partial charge in [0.05, 0.1) is 18.7 Å². The smallest absolute Gasteiger partial charge is 0.325 e. The van der Waals surface area contributed by atoms with Gasteiger partial charge in [-0.05, 0) is 51.9 Å². The van der Waals surface area contributed by atoms with E-state index in [-0.39, 0.29) is 24.0 Å². The van der Waals surface area contributed by atoms with E-state index in [0.717, 1.165) is 4.90 Å². The average Bonchev–Trinajstić information content (AvgIpc) is 2.87. The molecular weight excluding hydrogens is 424 g/mol. The van der Waals surface area contributed by atoms with Gasteiger partial charge in [-0.25, -0.2) is 0 Å². The number of hydrogen-bond donors (Lipinski definition) is 1. The zero-order valence-corrected chi connectivity index (χ0v) is 16.4. The van der Waals surface area contributed by atoms with Gasteiger partial charge in [-0.1, -0.05) is 5.92 Å². The molecule has 9 heteroatoms. The highest BCUT2D eigenvalue weighted by molar-refractivity contribution is 9.10. The molecule has 1 heterocycles. The highest BCUT2D eigenvalue weighted by Crippen LogP contribution is 2.37. The number of carbonyl (C=O) groups is 2. The summed E-state index contributed by atoms with van der Waals surface area (Å²) in [6, 6.07) is 3.42. The minimum absolute atomic E-state index is 0.0895. The third kappa shape index (κ3) is 4.33. The van der Waals surface area contributed by atoms with Crippen LogP contribution in [0.2, 0.25) is 0 Å². The van der Waals surface area contributed by atoms with Gasteiger partial charge in [0.15, 0.2) is 16.6 Å². The molecule has 1 aliphatic rings. The molecule has 1 amide bonds. The van der Waals surface area contributed by atoms with Gasteiger partial charge < -0.3 is 19.5 Å². The molecule has 0 saturated carbocycles. The highest BCUT2D eigenvalue weighted by Gasteiger charge is 2.32. The first-order valence-electron chi connectivity index (χ1n) is 7.26. The largest absolute Gasteiger partial charge is 0.493 e. The Bertz CT molecular complexity index is 831. The quantitative estimate of drug-likeness (QED) is 0.313. The van der Waals surface area contributed by atoms with E-state index >= 15 is 0 Å². The van der Waals surface area contributed by atoms with Crippen LogP contribution in [0.1, 0.15) is 5.56 Å². The maximum absolute atomic E-state index is 12.4. The van der Waals surface area contributed by atoms with Crippen LogP contribution in [0.3, 0.4) is 0 Å². The first kappa shape index (κ1) is 19.8. The number of hydrogen-bond acceptors (Lipinski definition) is 6. The Labute approximate surface area is 164 Å². The molecule has 1 aliphatic heterocycles. The SMILES string of the molecule is C#CCOc1c(Br)cc(/C=C2\NC(=S)N(CC(=O)OC)C2=O)cc1OC. The first-order valence-corrected chi connectivity index (χ1v) is 8.46. The van der Waals surface area contributed by atoms with Gasteiger partial charge in [0.2, 0.25) is 0 Å². The third-order valence-corrected chi connectivity index (χ3v) is 4.25. The summed E-state index contributed by atoms with van der Waals surface area (Å²) < 4.78 is 15.9. The second kappa shape index (κ2) is 8.69. The third-order valence-electron chi connectivity index (χ3n) is 3.34. The molecule has 136 valence electrons. The van der Waals surface area contributed by atoms with E-state index < -0.39 is 11.9 Å². The number of esters is 1. The number of amides is 1. The molecule has 1 aromatic rings. The number of nitrogens with zero attached hydrogens (tertiary/aromatic N) is 1. The fraction of sp³-hybridized carbons (Fsp3) is 0.235. The summed E-state index contributed by atoms with van der Waals surface area (Å²) in [4.78, 5) is 25.0. The number of nitrogens with one attached hydrogen (secondary N) is 1. The van der Waals surface area contributed by atoms with E-state index in [1.54, 1.807) is 18.2 Å². The Kier molecular flexibility index (Phi) is 6.60. The highest BCUT2D eigenvalue weighted by atomic mass is 79.9. The van der Waals surface area contributed by atoms with Crippen molar-refractivity contribution >= 4 is 51.2 Å². The number of terminal acetylenes is 1. The van der Waals surface area contributed by atoms with Crippen LogP contribution in [0.5, 0.6) is 11.5 Å². The van der Waals surface area contributed by atoms with E-state index in [4.69, 9.17) is 28.1 Å². The van der Waals surface area contributed by atoms with E-state index in [1.165, 1.54) is 14.2 Å². The molecule has 1 aromatic carbocycles. The Hall–Kier alpha value is -2.57. The van der Waals surface area contributed by atoms with Gasteiger partial charge in [0, 0.05) is 0 Å². The standard InChI is InChI=1S/C17H15BrN2O5S/c1-4-5-25-15-11(18)6-10(8-13(15)23-2)7-12-16(22)20(17(26)19-12)9-14(21)24-3/h1,6-8H,5,9H2,2-3H3,(H,19,26)/b12-7-. The van der Waals surface area contributed by atoms with Crippen molar-refractivity contribution in [1.82, 2.24) is 10.2 Å². The number of halogens is 1. The van der Waals surface area contributed by atoms with Crippen molar-refractivity contribution in [2.45, 2.75) is 0 Å². The fourth-order valence-corrected chi connectivity index (χ4v) is 2.98. The molecule has 1 N–H and O–H groups in total. The second-order valence-electron chi connectivity index (χ2n) is 4.98. The second-order valence-corrected chi connectivity index (χ2v) is 6.22. The summed E-state index contributed by atoms with van der Waals surface area (Å²) >= 11 is 8.49. The van der Waals surface area contributed by atoms with Crippen molar-refractivity contribution in [3.63, 3.8) is 0 Å². The van der Waals surface area contributed by atoms with Crippen LogP contribution in [0, 0.1) is 12.3 Å². The van der Waals surface area contributed by atoms with Crippen molar-refractivity contribution in [2.75, 3.05) is 27.4 Å². The van der Waals surface area contributed by atoms with Crippen molar-refractivity contribution in [3.8, 4) is 23.8 Å². The molecule has 26 heavy (non-hydrogen) atoms. The number of carbonyl (C=O) groups excluding carboxylic acids is 2. The molecule has 1 saturated heterocycles. The number of ether oxygens (including phenoxy) is 3. The molecule has 0 spiro atoms. The summed E-state index contributed by atoms with van der Waals surface area (Å²) in [5.74, 6) is 2.29. The fourth-order valence-electron chi connectivity index (χ4n) is 2.15. The number of thiocarbonyl (C=S) groups is 1. The van der Waals surface area contributed by atoms with Crippen LogP contribution in [0.25, 0.3) is 6.08 Å². The Morgan fingerprint density at radius 1 is 1.46 bits per heavy atom. The van der Waals surface area contributed by atoms with Gasteiger partial charge in [-0.15, -0.1) is 6.42 Å². The Morgan fingerprint density at radius 2 is 2.19 bits per heavy atom. The van der Waals surface area contributed by atoms with Crippen molar-refractivity contribution in [2.24, 2.45) is 0 Å². The van der Waals surface area contributed by atoms with Crippen LogP contribution in [-0.4, -0.2) is 49.3 Å². The van der Waals surface area contributed by atoms with Gasteiger partial charge in [0.25, 0.3) is 5.91 Å². The van der Waals surface area contributed by atoms with Crippen molar-refractivity contribution < 1.29 is 23.8 Å². The van der Waals surface area contributed by atoms with Gasteiger partial charge in [-0.2, -0.15) is 0 Å². The van der Waals surface area contributed by atoms with E-state index in [0.29, 0.717) is 21.5 Å². The summed E-state index contributed by atoms with van der Waals surface area (Å²) in [7, 11) is 2.73. The Balaban J connectivity index is 2.31. The predicted octanol–water partition coefficient (Wildman–Crippen LogP) is 1.70. The van der Waals surface area contributed by atoms with E-state index in [2.05, 4.69) is 31.9 Å². The molecule has 0 unspecified atom stereocenters. The number of rotatable bonds is 6. The number of benzene rings is 1. The zero-order chi connectivity index (χ0) is 19.3. The topological polar surface area (TPSA) is 77.1 Å². The zero-order valence-electron chi connectivity index (χ0n) is 14.0. The molecule has 0 radical (unpaired) electrons. The van der Waals surface area contributed by atoms with Crippen LogP contribution >= 0.6 is 28.1 Å². The first-order chi connectivity index (χ1) is 12.4. The monoisotopic (exact) mass is 438 g/mol. The maximum atomic E-state index is 12.4. The normalized spacial score (nSPS) is 14.8.